The number of rotatable bonds is 3. The van der Waals surface area contributed by atoms with E-state index in [1.807, 2.05) is 6.92 Å². The van der Waals surface area contributed by atoms with E-state index in [-0.39, 0.29) is 17.4 Å². The van der Waals surface area contributed by atoms with Crippen molar-refractivity contribution in [3.05, 3.63) is 11.1 Å². The number of aromatic nitrogens is 3. The average molecular weight is 212 g/mol. The summed E-state index contributed by atoms with van der Waals surface area (Å²) in [6.07, 6.45) is 5.51. The van der Waals surface area contributed by atoms with Crippen LogP contribution in [0.25, 0.3) is 0 Å². The van der Waals surface area contributed by atoms with E-state index in [1.165, 1.54) is 0 Å². The van der Waals surface area contributed by atoms with Gasteiger partial charge in [-0.05, 0) is 25.4 Å². The summed E-state index contributed by atoms with van der Waals surface area (Å²) in [7, 11) is 0. The standard InChI is InChI=1S/C9H10ClN3O/c1-4-5-6(2)14-9-12-7(3)11-8(10)13-9/h1,6H,5H2,2-3H3. The molecule has 1 unspecified atom stereocenters. The number of hydrogen-bond acceptors (Lipinski definition) is 4. The first-order chi connectivity index (χ1) is 6.61. The highest BCUT2D eigenvalue weighted by molar-refractivity contribution is 6.28. The van der Waals surface area contributed by atoms with Crippen LogP contribution < -0.4 is 4.74 Å². The first-order valence-corrected chi connectivity index (χ1v) is 4.48. The summed E-state index contributed by atoms with van der Waals surface area (Å²) in [5.74, 6) is 3.01. The van der Waals surface area contributed by atoms with Gasteiger partial charge in [0.15, 0.2) is 0 Å². The van der Waals surface area contributed by atoms with E-state index >= 15 is 0 Å². The van der Waals surface area contributed by atoms with Crippen molar-refractivity contribution in [1.29, 1.82) is 0 Å². The Kier molecular flexibility index (Phi) is 3.66. The Morgan fingerprint density at radius 2 is 2.21 bits per heavy atom. The van der Waals surface area contributed by atoms with Crippen molar-refractivity contribution in [2.75, 3.05) is 0 Å². The molecule has 14 heavy (non-hydrogen) atoms. The molecule has 0 saturated heterocycles. The second-order valence-corrected chi connectivity index (χ2v) is 3.11. The van der Waals surface area contributed by atoms with E-state index in [0.29, 0.717) is 12.2 Å². The number of terminal acetylenes is 1. The summed E-state index contributed by atoms with van der Waals surface area (Å²) in [4.78, 5) is 11.6. The lowest BCUT2D eigenvalue weighted by Gasteiger charge is -2.09. The zero-order valence-electron chi connectivity index (χ0n) is 7.99. The van der Waals surface area contributed by atoms with Crippen LogP contribution in [0.1, 0.15) is 19.2 Å². The summed E-state index contributed by atoms with van der Waals surface area (Å²) in [5, 5.41) is 0.125. The van der Waals surface area contributed by atoms with Crippen LogP contribution in [0, 0.1) is 19.3 Å². The molecule has 0 saturated carbocycles. The van der Waals surface area contributed by atoms with E-state index in [4.69, 9.17) is 22.8 Å². The lowest BCUT2D eigenvalue weighted by molar-refractivity contribution is 0.207. The first-order valence-electron chi connectivity index (χ1n) is 4.10. The molecule has 0 radical (unpaired) electrons. The summed E-state index contributed by atoms with van der Waals surface area (Å²) in [6.45, 7) is 3.55. The zero-order valence-corrected chi connectivity index (χ0v) is 8.75. The van der Waals surface area contributed by atoms with Gasteiger partial charge in [-0.1, -0.05) is 0 Å². The van der Waals surface area contributed by atoms with E-state index in [1.54, 1.807) is 6.92 Å². The fraction of sp³-hybridized carbons (Fsp3) is 0.444. The van der Waals surface area contributed by atoms with Gasteiger partial charge in [0.25, 0.3) is 0 Å². The highest BCUT2D eigenvalue weighted by Gasteiger charge is 2.07. The van der Waals surface area contributed by atoms with Crippen molar-refractivity contribution in [3.63, 3.8) is 0 Å². The minimum atomic E-state index is -0.127. The molecular weight excluding hydrogens is 202 g/mol. The van der Waals surface area contributed by atoms with Crippen molar-refractivity contribution >= 4 is 11.6 Å². The molecule has 0 aliphatic heterocycles. The molecule has 0 spiro atoms. The Hall–Kier alpha value is -1.34. The summed E-state index contributed by atoms with van der Waals surface area (Å²) < 4.78 is 5.33. The molecule has 0 fully saturated rings. The van der Waals surface area contributed by atoms with Crippen LogP contribution in [0.15, 0.2) is 0 Å². The van der Waals surface area contributed by atoms with Gasteiger partial charge < -0.3 is 4.74 Å². The lowest BCUT2D eigenvalue weighted by Crippen LogP contribution is -2.13. The SMILES string of the molecule is C#CCC(C)Oc1nc(C)nc(Cl)n1. The largest absolute Gasteiger partial charge is 0.459 e. The van der Waals surface area contributed by atoms with Crippen molar-refractivity contribution in [3.8, 4) is 18.4 Å². The maximum absolute atomic E-state index is 5.63. The van der Waals surface area contributed by atoms with Crippen LogP contribution >= 0.6 is 11.6 Å². The van der Waals surface area contributed by atoms with E-state index in [0.717, 1.165) is 0 Å². The minimum absolute atomic E-state index is 0.125. The second kappa shape index (κ2) is 4.77. The van der Waals surface area contributed by atoms with Crippen LogP contribution in [0.5, 0.6) is 6.01 Å². The Morgan fingerprint density at radius 1 is 1.50 bits per heavy atom. The Morgan fingerprint density at radius 3 is 2.79 bits per heavy atom. The highest BCUT2D eigenvalue weighted by atomic mass is 35.5. The zero-order chi connectivity index (χ0) is 10.6. The second-order valence-electron chi connectivity index (χ2n) is 2.77. The average Bonchev–Trinajstić information content (AvgIpc) is 2.01. The molecule has 1 atom stereocenters. The molecule has 1 aromatic heterocycles. The maximum atomic E-state index is 5.63. The molecule has 0 amide bonds. The molecule has 0 aromatic carbocycles. The van der Waals surface area contributed by atoms with Gasteiger partial charge >= 0.3 is 6.01 Å². The molecule has 5 heteroatoms. The van der Waals surface area contributed by atoms with Gasteiger partial charge in [-0.3, -0.25) is 0 Å². The molecule has 4 nitrogen and oxygen atoms in total. The normalized spacial score (nSPS) is 11.9. The van der Waals surface area contributed by atoms with Crippen LogP contribution in [0.3, 0.4) is 0 Å². The van der Waals surface area contributed by atoms with Crippen LogP contribution in [0.4, 0.5) is 0 Å². The summed E-state index contributed by atoms with van der Waals surface area (Å²) in [6, 6.07) is 0.213. The van der Waals surface area contributed by atoms with Crippen LogP contribution in [-0.2, 0) is 0 Å². The lowest BCUT2D eigenvalue weighted by atomic mass is 10.3. The smallest absolute Gasteiger partial charge is 0.321 e. The molecule has 0 bridgehead atoms. The topological polar surface area (TPSA) is 47.9 Å². The predicted molar refractivity (Wildman–Crippen MR) is 53.1 cm³/mol. The molecule has 1 rings (SSSR count). The molecule has 0 aliphatic carbocycles. The van der Waals surface area contributed by atoms with E-state index < -0.39 is 0 Å². The van der Waals surface area contributed by atoms with Gasteiger partial charge in [0.1, 0.15) is 11.9 Å². The third-order valence-corrected chi connectivity index (χ3v) is 1.58. The Balaban J connectivity index is 2.72. The van der Waals surface area contributed by atoms with Crippen molar-refractivity contribution < 1.29 is 4.74 Å². The molecule has 1 heterocycles. The third kappa shape index (κ3) is 3.19. The predicted octanol–water partition coefficient (Wildman–Crippen LogP) is 1.62. The first kappa shape index (κ1) is 10.7. The molecule has 74 valence electrons. The van der Waals surface area contributed by atoms with Gasteiger partial charge in [-0.25, -0.2) is 4.98 Å². The Bertz CT molecular complexity index is 341. The highest BCUT2D eigenvalue weighted by Crippen LogP contribution is 2.09. The van der Waals surface area contributed by atoms with Crippen LogP contribution in [-0.4, -0.2) is 21.1 Å². The summed E-state index contributed by atoms with van der Waals surface area (Å²) in [5.41, 5.74) is 0. The van der Waals surface area contributed by atoms with Gasteiger partial charge in [0.05, 0.1) is 0 Å². The third-order valence-electron chi connectivity index (χ3n) is 1.41. The van der Waals surface area contributed by atoms with E-state index in [2.05, 4.69) is 20.9 Å². The quantitative estimate of drug-likeness (QED) is 0.713. The molecule has 0 aliphatic rings. The number of ether oxygens (including phenoxy) is 1. The van der Waals surface area contributed by atoms with Crippen molar-refractivity contribution in [2.45, 2.75) is 26.4 Å². The Labute approximate surface area is 87.7 Å². The monoisotopic (exact) mass is 211 g/mol. The van der Waals surface area contributed by atoms with Crippen LogP contribution in [0.2, 0.25) is 5.28 Å². The van der Waals surface area contributed by atoms with E-state index in [9.17, 15) is 0 Å². The fourth-order valence-electron chi connectivity index (χ4n) is 0.866. The maximum Gasteiger partial charge on any atom is 0.321 e. The number of nitrogens with zero attached hydrogens (tertiary/aromatic N) is 3. The number of halogens is 1. The molecule has 1 aromatic rings. The number of aryl methyl sites for hydroxylation is 1. The molecular formula is C9H10ClN3O. The van der Waals surface area contributed by atoms with Crippen molar-refractivity contribution in [2.24, 2.45) is 0 Å². The van der Waals surface area contributed by atoms with Gasteiger partial charge in [-0.2, -0.15) is 9.97 Å². The minimum Gasteiger partial charge on any atom is -0.459 e. The van der Waals surface area contributed by atoms with Gasteiger partial charge in [0.2, 0.25) is 5.28 Å². The van der Waals surface area contributed by atoms with Gasteiger partial charge in [0, 0.05) is 6.42 Å². The summed E-state index contributed by atoms with van der Waals surface area (Å²) >= 11 is 5.63. The molecule has 0 N–H and O–H groups in total. The van der Waals surface area contributed by atoms with Crippen molar-refractivity contribution in [1.82, 2.24) is 15.0 Å². The van der Waals surface area contributed by atoms with Gasteiger partial charge in [-0.15, -0.1) is 12.3 Å². The fourth-order valence-corrected chi connectivity index (χ4v) is 1.06. The number of hydrogen-bond donors (Lipinski definition) is 0.